The highest BCUT2D eigenvalue weighted by Crippen LogP contribution is 2.35. The zero-order valence-electron chi connectivity index (χ0n) is 16.3. The fourth-order valence-electron chi connectivity index (χ4n) is 4.09. The lowest BCUT2D eigenvalue weighted by Gasteiger charge is -2.27. The van der Waals surface area contributed by atoms with Crippen LogP contribution < -0.4 is 9.80 Å². The lowest BCUT2D eigenvalue weighted by molar-refractivity contribution is 0.0988. The third-order valence-corrected chi connectivity index (χ3v) is 6.04. The highest BCUT2D eigenvalue weighted by Gasteiger charge is 2.37. The topological polar surface area (TPSA) is 75.4 Å². The van der Waals surface area contributed by atoms with E-state index in [-0.39, 0.29) is 11.9 Å². The van der Waals surface area contributed by atoms with E-state index >= 15 is 0 Å². The first-order chi connectivity index (χ1) is 14.1. The Hall–Kier alpha value is -2.87. The van der Waals surface area contributed by atoms with Crippen LogP contribution in [0.2, 0.25) is 0 Å². The third kappa shape index (κ3) is 3.17. The normalized spacial score (nSPS) is 18.6. The average molecular weight is 407 g/mol. The van der Waals surface area contributed by atoms with Gasteiger partial charge in [0.15, 0.2) is 5.16 Å². The number of aryl methyl sites for hydroxylation is 1. The smallest absolute Gasteiger partial charge is 0.263 e. The number of amides is 1. The summed E-state index contributed by atoms with van der Waals surface area (Å²) in [4.78, 5) is 31.0. The van der Waals surface area contributed by atoms with Gasteiger partial charge in [0.05, 0.1) is 6.20 Å². The minimum Gasteiger partial charge on any atom is -0.441 e. The number of aromatic nitrogens is 3. The maximum absolute atomic E-state index is 13.5. The molecule has 4 heterocycles. The lowest BCUT2D eigenvalue weighted by Crippen LogP contribution is -2.39. The van der Waals surface area contributed by atoms with Crippen molar-refractivity contribution in [1.29, 1.82) is 0 Å². The second-order valence-electron chi connectivity index (χ2n) is 7.33. The van der Waals surface area contributed by atoms with E-state index in [4.69, 9.17) is 4.42 Å². The van der Waals surface area contributed by atoms with Crippen LogP contribution >= 0.6 is 11.8 Å². The first kappa shape index (κ1) is 18.2. The molecule has 148 valence electrons. The summed E-state index contributed by atoms with van der Waals surface area (Å²) in [6, 6.07) is 8.05. The van der Waals surface area contributed by atoms with Gasteiger partial charge in [0.2, 0.25) is 5.89 Å². The van der Waals surface area contributed by atoms with Crippen LogP contribution in [0.25, 0.3) is 11.5 Å². The van der Waals surface area contributed by atoms with Crippen LogP contribution in [0.1, 0.15) is 29.0 Å². The molecule has 7 nitrogen and oxygen atoms in total. The van der Waals surface area contributed by atoms with Crippen molar-refractivity contribution in [3.63, 3.8) is 0 Å². The van der Waals surface area contributed by atoms with E-state index in [1.54, 1.807) is 12.4 Å². The molecule has 2 aliphatic rings. The van der Waals surface area contributed by atoms with Crippen LogP contribution in [0, 0.1) is 6.92 Å². The Morgan fingerprint density at radius 1 is 1.24 bits per heavy atom. The minimum atomic E-state index is -0.0669. The van der Waals surface area contributed by atoms with Crippen molar-refractivity contribution in [3.05, 3.63) is 48.0 Å². The predicted molar refractivity (Wildman–Crippen MR) is 113 cm³/mol. The third-order valence-electron chi connectivity index (χ3n) is 5.47. The van der Waals surface area contributed by atoms with Crippen molar-refractivity contribution in [1.82, 2.24) is 15.0 Å². The molecule has 2 aromatic heterocycles. The maximum Gasteiger partial charge on any atom is 0.263 e. The van der Waals surface area contributed by atoms with Crippen molar-refractivity contribution in [2.75, 3.05) is 29.1 Å². The molecule has 29 heavy (non-hydrogen) atoms. The minimum absolute atomic E-state index is 0.0669. The van der Waals surface area contributed by atoms with E-state index in [0.717, 1.165) is 42.2 Å². The molecule has 0 spiro atoms. The van der Waals surface area contributed by atoms with Crippen LogP contribution in [0.4, 0.5) is 11.5 Å². The van der Waals surface area contributed by atoms with Gasteiger partial charge in [-0.3, -0.25) is 4.79 Å². The lowest BCUT2D eigenvalue weighted by atomic mass is 10.1. The largest absolute Gasteiger partial charge is 0.441 e. The number of carbonyl (C=O) groups is 1. The molecule has 0 aliphatic carbocycles. The van der Waals surface area contributed by atoms with Crippen molar-refractivity contribution in [3.8, 4) is 11.5 Å². The molecule has 0 saturated carbocycles. The highest BCUT2D eigenvalue weighted by molar-refractivity contribution is 7.98. The second-order valence-corrected chi connectivity index (χ2v) is 8.10. The van der Waals surface area contributed by atoms with E-state index in [9.17, 15) is 4.79 Å². The summed E-state index contributed by atoms with van der Waals surface area (Å²) >= 11 is 1.49. The molecule has 0 bridgehead atoms. The second kappa shape index (κ2) is 7.18. The van der Waals surface area contributed by atoms with Crippen molar-refractivity contribution >= 4 is 29.2 Å². The first-order valence-corrected chi connectivity index (χ1v) is 10.9. The van der Waals surface area contributed by atoms with E-state index in [1.807, 2.05) is 42.3 Å². The van der Waals surface area contributed by atoms with E-state index < -0.39 is 0 Å². The molecule has 1 aromatic carbocycles. The molecule has 1 amide bonds. The quantitative estimate of drug-likeness (QED) is 0.483. The first-order valence-electron chi connectivity index (χ1n) is 9.66. The van der Waals surface area contributed by atoms with E-state index in [1.165, 1.54) is 11.8 Å². The van der Waals surface area contributed by atoms with Gasteiger partial charge in [-0.1, -0.05) is 17.8 Å². The molecular formula is C21H21N5O2S. The fourth-order valence-corrected chi connectivity index (χ4v) is 4.42. The Morgan fingerprint density at radius 3 is 2.93 bits per heavy atom. The van der Waals surface area contributed by atoms with Crippen molar-refractivity contribution < 1.29 is 9.21 Å². The van der Waals surface area contributed by atoms with Gasteiger partial charge in [-0.2, -0.15) is 0 Å². The number of hydrogen-bond acceptors (Lipinski definition) is 7. The van der Waals surface area contributed by atoms with Crippen LogP contribution in [-0.2, 0) is 0 Å². The number of anilines is 2. The van der Waals surface area contributed by atoms with Crippen molar-refractivity contribution in [2.24, 2.45) is 0 Å². The fraction of sp³-hybridized carbons (Fsp3) is 0.333. The number of rotatable bonds is 3. The van der Waals surface area contributed by atoms with Gasteiger partial charge < -0.3 is 14.2 Å². The molecule has 5 rings (SSSR count). The van der Waals surface area contributed by atoms with E-state index in [2.05, 4.69) is 19.9 Å². The number of benzene rings is 1. The molecule has 1 fully saturated rings. The number of thioether (sulfide) groups is 1. The zero-order chi connectivity index (χ0) is 20.0. The van der Waals surface area contributed by atoms with Crippen LogP contribution in [0.5, 0.6) is 0 Å². The summed E-state index contributed by atoms with van der Waals surface area (Å²) in [5, 5.41) is 0.692. The van der Waals surface area contributed by atoms with Crippen LogP contribution in [0.15, 0.2) is 46.2 Å². The summed E-state index contributed by atoms with van der Waals surface area (Å²) in [5.74, 6) is 2.01. The van der Waals surface area contributed by atoms with Crippen molar-refractivity contribution in [2.45, 2.75) is 31.0 Å². The molecule has 0 N–H and O–H groups in total. The number of fused-ring (bicyclic) bond motifs is 3. The number of hydrogen-bond donors (Lipinski definition) is 0. The molecular weight excluding hydrogens is 386 g/mol. The Labute approximate surface area is 173 Å². The molecule has 3 aromatic rings. The monoisotopic (exact) mass is 407 g/mol. The molecule has 1 saturated heterocycles. The van der Waals surface area contributed by atoms with Gasteiger partial charge >= 0.3 is 0 Å². The molecule has 8 heteroatoms. The number of nitrogens with zero attached hydrogens (tertiary/aromatic N) is 5. The Kier molecular flexibility index (Phi) is 4.50. The molecule has 1 unspecified atom stereocenters. The average Bonchev–Trinajstić information content (AvgIpc) is 3.37. The Balaban J connectivity index is 1.58. The highest BCUT2D eigenvalue weighted by atomic mass is 32.2. The van der Waals surface area contributed by atoms with Gasteiger partial charge in [0.25, 0.3) is 5.91 Å². The summed E-state index contributed by atoms with van der Waals surface area (Å²) in [7, 11) is 0. The van der Waals surface area contributed by atoms with Gasteiger partial charge in [0.1, 0.15) is 17.1 Å². The summed E-state index contributed by atoms with van der Waals surface area (Å²) in [6.07, 6.45) is 7.46. The van der Waals surface area contributed by atoms with Crippen LogP contribution in [0.3, 0.4) is 0 Å². The molecule has 0 radical (unpaired) electrons. The molecule has 2 aliphatic heterocycles. The summed E-state index contributed by atoms with van der Waals surface area (Å²) in [5.41, 5.74) is 2.24. The SMILES string of the molecule is CSc1ncc2c(n1)N1CCCC1CN(c1cccc(-c3ncc(C)o3)c1)C2=O. The standard InChI is InChI=1S/C21H21N5O2S/c1-13-10-22-19(28-13)14-5-3-6-15(9-14)26-12-16-7-4-8-25(16)18-17(20(26)27)11-23-21(24-18)29-2/h3,5-6,9-11,16H,4,7-8,12H2,1-2H3. The number of carbonyl (C=O) groups excluding carboxylic acids is 1. The summed E-state index contributed by atoms with van der Waals surface area (Å²) < 4.78 is 5.67. The van der Waals surface area contributed by atoms with Gasteiger partial charge in [-0.05, 0) is 44.2 Å². The van der Waals surface area contributed by atoms with E-state index in [0.29, 0.717) is 23.2 Å². The van der Waals surface area contributed by atoms with Gasteiger partial charge in [-0.25, -0.2) is 15.0 Å². The van der Waals surface area contributed by atoms with Gasteiger partial charge in [-0.15, -0.1) is 0 Å². The van der Waals surface area contributed by atoms with Crippen LogP contribution in [-0.4, -0.2) is 46.2 Å². The zero-order valence-corrected chi connectivity index (χ0v) is 17.1. The maximum atomic E-state index is 13.5. The Bertz CT molecular complexity index is 1080. The predicted octanol–water partition coefficient (Wildman–Crippen LogP) is 3.79. The number of oxazole rings is 1. The summed E-state index contributed by atoms with van der Waals surface area (Å²) in [6.45, 7) is 3.41. The molecule has 1 atom stereocenters. The Morgan fingerprint density at radius 2 is 2.14 bits per heavy atom. The van der Waals surface area contributed by atoms with Gasteiger partial charge in [0, 0.05) is 36.6 Å².